The molecule has 8 nitrogen and oxygen atoms in total. The summed E-state index contributed by atoms with van der Waals surface area (Å²) in [5.74, 6) is -0.212. The average Bonchev–Trinajstić information content (AvgIpc) is 3.11. The van der Waals surface area contributed by atoms with E-state index in [1.807, 2.05) is 30.3 Å². The number of hydrogen-bond donors (Lipinski definition) is 1. The fourth-order valence-corrected chi connectivity index (χ4v) is 3.84. The molecule has 0 saturated carbocycles. The van der Waals surface area contributed by atoms with E-state index >= 15 is 0 Å². The summed E-state index contributed by atoms with van der Waals surface area (Å²) < 4.78 is 33.0. The number of carbonyl (C=O) groups excluding carboxylic acids is 1. The third-order valence-electron chi connectivity index (χ3n) is 3.84. The molecule has 0 atom stereocenters. The van der Waals surface area contributed by atoms with Crippen molar-refractivity contribution in [3.05, 3.63) is 48.4 Å². The minimum absolute atomic E-state index is 0.0124. The number of nitrogens with one attached hydrogen (secondary N) is 1. The minimum Gasteiger partial charge on any atom is -0.379 e. The van der Waals surface area contributed by atoms with Gasteiger partial charge in [0.1, 0.15) is 6.54 Å². The molecule has 1 fully saturated rings. The number of imidazole rings is 1. The van der Waals surface area contributed by atoms with Gasteiger partial charge in [0.05, 0.1) is 19.5 Å². The molecule has 1 N–H and O–H groups in total. The maximum atomic E-state index is 12.5. The Labute approximate surface area is 146 Å². The number of sulfonamides is 1. The van der Waals surface area contributed by atoms with Gasteiger partial charge in [-0.2, -0.15) is 4.31 Å². The summed E-state index contributed by atoms with van der Waals surface area (Å²) in [4.78, 5) is 16.0. The third kappa shape index (κ3) is 4.44. The van der Waals surface area contributed by atoms with Crippen molar-refractivity contribution in [2.75, 3.05) is 26.3 Å². The number of hydrogen-bond acceptors (Lipinski definition) is 5. The number of benzene rings is 1. The van der Waals surface area contributed by atoms with Crippen molar-refractivity contribution in [1.29, 1.82) is 0 Å². The number of aromatic nitrogens is 2. The van der Waals surface area contributed by atoms with Crippen LogP contribution in [0.25, 0.3) is 0 Å². The van der Waals surface area contributed by atoms with Crippen molar-refractivity contribution in [3.63, 3.8) is 0 Å². The predicted molar refractivity (Wildman–Crippen MR) is 90.1 cm³/mol. The summed E-state index contributed by atoms with van der Waals surface area (Å²) in [7, 11) is -3.64. The maximum Gasteiger partial charge on any atom is 0.262 e. The molecular formula is C16H20N4O4S. The lowest BCUT2D eigenvalue weighted by Crippen LogP contribution is -2.40. The molecule has 1 amide bonds. The van der Waals surface area contributed by atoms with Crippen LogP contribution in [0, 0.1) is 0 Å². The summed E-state index contributed by atoms with van der Waals surface area (Å²) >= 11 is 0. The van der Waals surface area contributed by atoms with E-state index in [1.165, 1.54) is 21.4 Å². The van der Waals surface area contributed by atoms with Crippen LogP contribution in [0.1, 0.15) is 5.56 Å². The number of nitrogens with zero attached hydrogens (tertiary/aromatic N) is 3. The molecule has 1 aromatic carbocycles. The Morgan fingerprint density at radius 1 is 1.20 bits per heavy atom. The van der Waals surface area contributed by atoms with E-state index in [0.717, 1.165) is 5.56 Å². The van der Waals surface area contributed by atoms with Gasteiger partial charge in [0.25, 0.3) is 10.0 Å². The summed E-state index contributed by atoms with van der Waals surface area (Å²) in [6, 6.07) is 9.56. The Kier molecular flexibility index (Phi) is 5.47. The Morgan fingerprint density at radius 2 is 1.92 bits per heavy atom. The van der Waals surface area contributed by atoms with Gasteiger partial charge in [-0.05, 0) is 5.56 Å². The fourth-order valence-electron chi connectivity index (χ4n) is 2.50. The lowest BCUT2D eigenvalue weighted by atomic mass is 10.2. The van der Waals surface area contributed by atoms with Crippen LogP contribution in [0.15, 0.2) is 47.9 Å². The lowest BCUT2D eigenvalue weighted by molar-refractivity contribution is -0.121. The van der Waals surface area contributed by atoms with Gasteiger partial charge in [0, 0.05) is 25.8 Å². The Bertz CT molecular complexity index is 814. The molecule has 134 valence electrons. The van der Waals surface area contributed by atoms with Gasteiger partial charge in [-0.25, -0.2) is 13.4 Å². The van der Waals surface area contributed by atoms with Crippen LogP contribution in [-0.2, 0) is 32.6 Å². The first kappa shape index (κ1) is 17.6. The van der Waals surface area contributed by atoms with Gasteiger partial charge < -0.3 is 14.6 Å². The van der Waals surface area contributed by atoms with Crippen molar-refractivity contribution >= 4 is 15.9 Å². The van der Waals surface area contributed by atoms with Crippen LogP contribution >= 0.6 is 0 Å². The summed E-state index contributed by atoms with van der Waals surface area (Å²) in [6.07, 6.45) is 2.74. The first-order valence-corrected chi connectivity index (χ1v) is 9.40. The topological polar surface area (TPSA) is 93.5 Å². The zero-order valence-electron chi connectivity index (χ0n) is 13.7. The molecule has 0 aliphatic carbocycles. The van der Waals surface area contributed by atoms with Crippen molar-refractivity contribution in [1.82, 2.24) is 19.2 Å². The SMILES string of the molecule is O=C(Cn1cnc(S(=O)(=O)N2CCOCC2)c1)NCc1ccccc1. The van der Waals surface area contributed by atoms with Crippen LogP contribution in [0.3, 0.4) is 0 Å². The molecule has 9 heteroatoms. The second kappa shape index (κ2) is 7.77. The van der Waals surface area contributed by atoms with Gasteiger partial charge in [-0.1, -0.05) is 30.3 Å². The Morgan fingerprint density at radius 3 is 2.64 bits per heavy atom. The molecule has 1 aliphatic heterocycles. The first-order chi connectivity index (χ1) is 12.1. The van der Waals surface area contributed by atoms with Crippen molar-refractivity contribution < 1.29 is 17.9 Å². The smallest absolute Gasteiger partial charge is 0.262 e. The zero-order valence-corrected chi connectivity index (χ0v) is 14.5. The Balaban J connectivity index is 1.58. The van der Waals surface area contributed by atoms with Crippen molar-refractivity contribution in [2.45, 2.75) is 18.1 Å². The second-order valence-corrected chi connectivity index (χ2v) is 7.55. The van der Waals surface area contributed by atoms with Crippen LogP contribution < -0.4 is 5.32 Å². The summed E-state index contributed by atoms with van der Waals surface area (Å²) in [6.45, 7) is 1.81. The molecule has 1 saturated heterocycles. The van der Waals surface area contributed by atoms with E-state index in [4.69, 9.17) is 4.74 Å². The van der Waals surface area contributed by atoms with E-state index < -0.39 is 10.0 Å². The second-order valence-electron chi connectivity index (χ2n) is 5.66. The van der Waals surface area contributed by atoms with Gasteiger partial charge in [0.2, 0.25) is 5.91 Å². The highest BCUT2D eigenvalue weighted by atomic mass is 32.2. The van der Waals surface area contributed by atoms with E-state index in [0.29, 0.717) is 32.8 Å². The molecule has 0 bridgehead atoms. The normalized spacial score (nSPS) is 15.8. The highest BCUT2D eigenvalue weighted by molar-refractivity contribution is 7.89. The zero-order chi connectivity index (χ0) is 17.7. The van der Waals surface area contributed by atoms with Crippen LogP contribution in [0.4, 0.5) is 0 Å². The minimum atomic E-state index is -3.64. The number of amides is 1. The predicted octanol–water partition coefficient (Wildman–Crippen LogP) is 0.220. The average molecular weight is 364 g/mol. The maximum absolute atomic E-state index is 12.5. The largest absolute Gasteiger partial charge is 0.379 e. The highest BCUT2D eigenvalue weighted by Gasteiger charge is 2.28. The van der Waals surface area contributed by atoms with Gasteiger partial charge in [-0.15, -0.1) is 0 Å². The molecule has 1 aromatic heterocycles. The quantitative estimate of drug-likeness (QED) is 0.791. The molecule has 2 aromatic rings. The molecule has 0 spiro atoms. The van der Waals surface area contributed by atoms with Gasteiger partial charge >= 0.3 is 0 Å². The Hall–Kier alpha value is -2.23. The standard InChI is InChI=1S/C16H20N4O4S/c21-15(17-10-14-4-2-1-3-5-14)11-19-12-16(18-13-19)25(22,23)20-6-8-24-9-7-20/h1-5,12-13H,6-11H2,(H,17,21). The number of rotatable bonds is 6. The van der Waals surface area contributed by atoms with Crippen LogP contribution in [-0.4, -0.2) is 54.5 Å². The van der Waals surface area contributed by atoms with Gasteiger partial charge in [0.15, 0.2) is 5.03 Å². The third-order valence-corrected chi connectivity index (χ3v) is 5.63. The van der Waals surface area contributed by atoms with Crippen LogP contribution in [0.5, 0.6) is 0 Å². The molecule has 0 unspecified atom stereocenters. The van der Waals surface area contributed by atoms with Crippen molar-refractivity contribution in [2.24, 2.45) is 0 Å². The molecule has 25 heavy (non-hydrogen) atoms. The highest BCUT2D eigenvalue weighted by Crippen LogP contribution is 2.14. The van der Waals surface area contributed by atoms with E-state index in [-0.39, 0.29) is 17.5 Å². The fraction of sp³-hybridized carbons (Fsp3) is 0.375. The molecule has 1 aliphatic rings. The van der Waals surface area contributed by atoms with Gasteiger partial charge in [-0.3, -0.25) is 4.79 Å². The van der Waals surface area contributed by atoms with E-state index in [9.17, 15) is 13.2 Å². The number of morpholine rings is 1. The molecule has 0 radical (unpaired) electrons. The van der Waals surface area contributed by atoms with Crippen molar-refractivity contribution in [3.8, 4) is 0 Å². The lowest BCUT2D eigenvalue weighted by Gasteiger charge is -2.24. The van der Waals surface area contributed by atoms with E-state index in [1.54, 1.807) is 0 Å². The first-order valence-electron chi connectivity index (χ1n) is 7.96. The number of carbonyl (C=O) groups is 1. The summed E-state index contributed by atoms with van der Waals surface area (Å²) in [5, 5.41) is 2.74. The molecular weight excluding hydrogens is 344 g/mol. The monoisotopic (exact) mass is 364 g/mol. The van der Waals surface area contributed by atoms with Crippen LogP contribution in [0.2, 0.25) is 0 Å². The summed E-state index contributed by atoms with van der Waals surface area (Å²) in [5.41, 5.74) is 0.997. The molecule has 3 rings (SSSR count). The molecule has 2 heterocycles. The van der Waals surface area contributed by atoms with E-state index in [2.05, 4.69) is 10.3 Å². The number of ether oxygens (including phenoxy) is 1.